The van der Waals surface area contributed by atoms with Crippen molar-refractivity contribution in [1.82, 2.24) is 4.90 Å². The van der Waals surface area contributed by atoms with Crippen molar-refractivity contribution in [2.24, 2.45) is 0 Å². The molecule has 0 aromatic heterocycles. The van der Waals surface area contributed by atoms with E-state index < -0.39 is 11.7 Å². The smallest absolute Gasteiger partial charge is 0.346 e. The highest BCUT2D eigenvalue weighted by Gasteiger charge is 2.33. The molecule has 0 saturated heterocycles. The first kappa shape index (κ1) is 10.9. The van der Waals surface area contributed by atoms with Crippen molar-refractivity contribution in [1.29, 1.82) is 0 Å². The summed E-state index contributed by atoms with van der Waals surface area (Å²) in [6.45, 7) is 7.36. The van der Waals surface area contributed by atoms with Gasteiger partial charge in [0.2, 0.25) is 0 Å². The van der Waals surface area contributed by atoms with E-state index in [1.54, 1.807) is 4.90 Å². The average molecular weight is 203 g/mol. The number of rotatable bonds is 1. The molecular formula is C10H12F3N. The van der Waals surface area contributed by atoms with E-state index in [2.05, 4.69) is 6.58 Å². The molecule has 0 unspecified atom stereocenters. The van der Waals surface area contributed by atoms with Crippen LogP contribution in [0.2, 0.25) is 0 Å². The summed E-state index contributed by atoms with van der Waals surface area (Å²) >= 11 is 0. The lowest BCUT2D eigenvalue weighted by atomic mass is 10.1. The van der Waals surface area contributed by atoms with Crippen LogP contribution in [0.5, 0.6) is 0 Å². The van der Waals surface area contributed by atoms with Crippen LogP contribution in [-0.4, -0.2) is 17.1 Å². The summed E-state index contributed by atoms with van der Waals surface area (Å²) in [6, 6.07) is 0.116. The Labute approximate surface area is 81.2 Å². The van der Waals surface area contributed by atoms with Crippen molar-refractivity contribution in [3.8, 4) is 0 Å². The zero-order valence-corrected chi connectivity index (χ0v) is 8.10. The Morgan fingerprint density at radius 2 is 1.93 bits per heavy atom. The highest BCUT2D eigenvalue weighted by atomic mass is 19.4. The zero-order chi connectivity index (χ0) is 10.9. The third-order valence-corrected chi connectivity index (χ3v) is 1.95. The largest absolute Gasteiger partial charge is 0.416 e. The van der Waals surface area contributed by atoms with Crippen molar-refractivity contribution in [3.63, 3.8) is 0 Å². The van der Waals surface area contributed by atoms with Crippen LogP contribution in [0.25, 0.3) is 0 Å². The van der Waals surface area contributed by atoms with Crippen molar-refractivity contribution < 1.29 is 13.2 Å². The molecule has 0 bridgehead atoms. The summed E-state index contributed by atoms with van der Waals surface area (Å²) in [5, 5.41) is 0. The van der Waals surface area contributed by atoms with Gasteiger partial charge in [-0.3, -0.25) is 0 Å². The minimum atomic E-state index is -4.29. The van der Waals surface area contributed by atoms with Crippen LogP contribution in [0.4, 0.5) is 13.2 Å². The molecule has 0 spiro atoms. The minimum absolute atomic E-state index is 0.116. The minimum Gasteiger partial charge on any atom is -0.346 e. The predicted octanol–water partition coefficient (Wildman–Crippen LogP) is 3.23. The summed E-state index contributed by atoms with van der Waals surface area (Å²) < 4.78 is 36.8. The third kappa shape index (κ3) is 2.19. The van der Waals surface area contributed by atoms with E-state index in [0.29, 0.717) is 5.70 Å². The molecule has 1 nitrogen and oxygen atoms in total. The molecule has 4 heteroatoms. The topological polar surface area (TPSA) is 3.24 Å². The molecule has 1 heterocycles. The van der Waals surface area contributed by atoms with E-state index in [9.17, 15) is 13.2 Å². The Kier molecular flexibility index (Phi) is 2.73. The van der Waals surface area contributed by atoms with Gasteiger partial charge in [0.1, 0.15) is 0 Å². The van der Waals surface area contributed by atoms with Gasteiger partial charge < -0.3 is 4.90 Å². The Balaban J connectivity index is 2.88. The van der Waals surface area contributed by atoms with Gasteiger partial charge in [0.05, 0.1) is 5.57 Å². The second-order valence-electron chi connectivity index (χ2n) is 3.41. The molecule has 0 amide bonds. The van der Waals surface area contributed by atoms with Crippen LogP contribution < -0.4 is 0 Å². The van der Waals surface area contributed by atoms with Gasteiger partial charge in [-0.2, -0.15) is 13.2 Å². The Bertz CT molecular complexity index is 297. The summed E-state index contributed by atoms with van der Waals surface area (Å²) in [5.74, 6) is 0. The van der Waals surface area contributed by atoms with Crippen LogP contribution in [0.15, 0.2) is 36.2 Å². The maximum absolute atomic E-state index is 12.3. The molecule has 0 aliphatic carbocycles. The van der Waals surface area contributed by atoms with Gasteiger partial charge in [0.15, 0.2) is 0 Å². The first-order valence-electron chi connectivity index (χ1n) is 4.26. The quantitative estimate of drug-likeness (QED) is 0.632. The SMILES string of the molecule is C=C1C=C(C(F)(F)F)C=CN1C(C)C. The second kappa shape index (κ2) is 3.52. The first-order chi connectivity index (χ1) is 6.32. The number of hydrogen-bond acceptors (Lipinski definition) is 1. The van der Waals surface area contributed by atoms with E-state index >= 15 is 0 Å². The van der Waals surface area contributed by atoms with Gasteiger partial charge in [-0.1, -0.05) is 6.58 Å². The number of hydrogen-bond donors (Lipinski definition) is 0. The molecule has 0 fully saturated rings. The maximum Gasteiger partial charge on any atom is 0.416 e. The lowest BCUT2D eigenvalue weighted by molar-refractivity contribution is -0.0886. The van der Waals surface area contributed by atoms with E-state index in [0.717, 1.165) is 12.2 Å². The summed E-state index contributed by atoms with van der Waals surface area (Å²) in [7, 11) is 0. The van der Waals surface area contributed by atoms with Crippen molar-refractivity contribution in [2.45, 2.75) is 26.1 Å². The number of alkyl halides is 3. The molecule has 1 aliphatic heterocycles. The van der Waals surface area contributed by atoms with Crippen LogP contribution in [-0.2, 0) is 0 Å². The molecule has 0 atom stereocenters. The van der Waals surface area contributed by atoms with E-state index in [1.165, 1.54) is 6.20 Å². The normalized spacial score (nSPS) is 17.7. The van der Waals surface area contributed by atoms with E-state index in [4.69, 9.17) is 0 Å². The monoisotopic (exact) mass is 203 g/mol. The Morgan fingerprint density at radius 1 is 1.36 bits per heavy atom. The molecule has 0 radical (unpaired) electrons. The first-order valence-corrected chi connectivity index (χ1v) is 4.26. The van der Waals surface area contributed by atoms with Crippen LogP contribution in [0, 0.1) is 0 Å². The number of nitrogens with zero attached hydrogens (tertiary/aromatic N) is 1. The molecule has 0 aromatic carbocycles. The average Bonchev–Trinajstić information content (AvgIpc) is 2.01. The molecule has 1 rings (SSSR count). The van der Waals surface area contributed by atoms with Gasteiger partial charge in [-0.05, 0) is 26.0 Å². The summed E-state index contributed by atoms with van der Waals surface area (Å²) in [5.41, 5.74) is -0.283. The third-order valence-electron chi connectivity index (χ3n) is 1.95. The fourth-order valence-electron chi connectivity index (χ4n) is 1.24. The van der Waals surface area contributed by atoms with Gasteiger partial charge >= 0.3 is 6.18 Å². The fraction of sp³-hybridized carbons (Fsp3) is 0.400. The standard InChI is InChI=1S/C10H12F3N/c1-7(2)14-5-4-9(6-8(14)3)10(11,12)13/h4-7H,3H2,1-2H3. The van der Waals surface area contributed by atoms with Crippen LogP contribution >= 0.6 is 0 Å². The molecule has 1 aliphatic rings. The highest BCUT2D eigenvalue weighted by molar-refractivity contribution is 5.36. The van der Waals surface area contributed by atoms with Crippen LogP contribution in [0.3, 0.4) is 0 Å². The van der Waals surface area contributed by atoms with Crippen LogP contribution in [0.1, 0.15) is 13.8 Å². The Morgan fingerprint density at radius 3 is 2.29 bits per heavy atom. The summed E-state index contributed by atoms with van der Waals surface area (Å²) in [6.07, 6.45) is -0.757. The van der Waals surface area contributed by atoms with Gasteiger partial charge in [-0.15, -0.1) is 0 Å². The molecule has 78 valence electrons. The number of allylic oxidation sites excluding steroid dienone is 3. The highest BCUT2D eigenvalue weighted by Crippen LogP contribution is 2.31. The maximum atomic E-state index is 12.3. The van der Waals surface area contributed by atoms with Crippen molar-refractivity contribution >= 4 is 0 Å². The zero-order valence-electron chi connectivity index (χ0n) is 8.10. The van der Waals surface area contributed by atoms with E-state index in [-0.39, 0.29) is 6.04 Å². The molecule has 0 N–H and O–H groups in total. The van der Waals surface area contributed by atoms with Crippen molar-refractivity contribution in [2.75, 3.05) is 0 Å². The molecule has 0 aromatic rings. The molecular weight excluding hydrogens is 191 g/mol. The fourth-order valence-corrected chi connectivity index (χ4v) is 1.24. The van der Waals surface area contributed by atoms with Gasteiger partial charge in [-0.25, -0.2) is 0 Å². The van der Waals surface area contributed by atoms with Crippen molar-refractivity contribution in [3.05, 3.63) is 36.2 Å². The predicted molar refractivity (Wildman–Crippen MR) is 49.4 cm³/mol. The second-order valence-corrected chi connectivity index (χ2v) is 3.41. The number of halogens is 3. The van der Waals surface area contributed by atoms with E-state index in [1.807, 2.05) is 13.8 Å². The lowest BCUT2D eigenvalue weighted by Crippen LogP contribution is -2.27. The molecule has 0 saturated carbocycles. The lowest BCUT2D eigenvalue weighted by Gasteiger charge is -2.28. The van der Waals surface area contributed by atoms with Gasteiger partial charge in [0.25, 0.3) is 0 Å². The summed E-state index contributed by atoms with van der Waals surface area (Å²) in [4.78, 5) is 1.69. The Hall–Kier alpha value is -1.19. The van der Waals surface area contributed by atoms with Gasteiger partial charge in [0, 0.05) is 17.9 Å². The molecule has 14 heavy (non-hydrogen) atoms.